The fourth-order valence-electron chi connectivity index (χ4n) is 4.47. The molecule has 0 bridgehead atoms. The molecule has 1 fully saturated rings. The number of hydrogen-bond acceptors (Lipinski definition) is 4. The molecule has 33 heavy (non-hydrogen) atoms. The number of aromatic nitrogens is 2. The van der Waals surface area contributed by atoms with Crippen molar-refractivity contribution in [3.63, 3.8) is 0 Å². The lowest BCUT2D eigenvalue weighted by Crippen LogP contribution is -2.40. The van der Waals surface area contributed by atoms with Crippen molar-refractivity contribution in [2.75, 3.05) is 31.6 Å². The van der Waals surface area contributed by atoms with Gasteiger partial charge in [-0.3, -0.25) is 14.7 Å². The molecule has 1 aliphatic heterocycles. The van der Waals surface area contributed by atoms with E-state index in [-0.39, 0.29) is 11.9 Å². The van der Waals surface area contributed by atoms with Gasteiger partial charge in [0, 0.05) is 57.7 Å². The van der Waals surface area contributed by atoms with E-state index in [9.17, 15) is 4.79 Å². The Morgan fingerprint density at radius 3 is 2.64 bits per heavy atom. The second-order valence-electron chi connectivity index (χ2n) is 8.19. The van der Waals surface area contributed by atoms with Crippen LogP contribution in [0.3, 0.4) is 0 Å². The van der Waals surface area contributed by atoms with Crippen molar-refractivity contribution in [1.82, 2.24) is 14.9 Å². The van der Waals surface area contributed by atoms with Gasteiger partial charge in [0.05, 0.1) is 24.9 Å². The van der Waals surface area contributed by atoms with Crippen LogP contribution in [-0.4, -0.2) is 47.1 Å². The molecule has 0 saturated carbocycles. The van der Waals surface area contributed by atoms with Crippen molar-refractivity contribution < 1.29 is 9.53 Å². The topological polar surface area (TPSA) is 70.2 Å². The maximum Gasteiger partial charge on any atom is 0.255 e. The van der Waals surface area contributed by atoms with Crippen LogP contribution in [0.1, 0.15) is 33.4 Å². The van der Waals surface area contributed by atoms with E-state index < -0.39 is 0 Å². The van der Waals surface area contributed by atoms with Crippen molar-refractivity contribution in [2.45, 2.75) is 13.0 Å². The Hall–Kier alpha value is -3.19. The predicted molar refractivity (Wildman–Crippen MR) is 131 cm³/mol. The first kappa shape index (κ1) is 21.6. The first-order valence-electron chi connectivity index (χ1n) is 11.0. The number of pyridine rings is 1. The summed E-state index contributed by atoms with van der Waals surface area (Å²) in [7, 11) is 0. The first-order valence-corrected chi connectivity index (χ1v) is 11.4. The molecule has 1 atom stereocenters. The monoisotopic (exact) mass is 460 g/mol. The van der Waals surface area contributed by atoms with E-state index in [1.807, 2.05) is 36.5 Å². The van der Waals surface area contributed by atoms with Crippen molar-refractivity contribution in [2.24, 2.45) is 0 Å². The predicted octanol–water partition coefficient (Wildman–Crippen LogP) is 5.20. The van der Waals surface area contributed by atoms with Crippen LogP contribution in [0.25, 0.3) is 10.9 Å². The molecule has 6 nitrogen and oxygen atoms in total. The molecule has 168 valence electrons. The maximum absolute atomic E-state index is 12.8. The number of carbonyl (C=O) groups excluding carboxylic acids is 1. The average Bonchev–Trinajstić information content (AvgIpc) is 3.16. The van der Waals surface area contributed by atoms with Crippen LogP contribution in [0.15, 0.2) is 66.9 Å². The molecule has 4 aromatic rings. The molecule has 7 heteroatoms. The number of nitrogens with zero attached hydrogens (tertiary/aromatic N) is 2. The van der Waals surface area contributed by atoms with Gasteiger partial charge in [-0.2, -0.15) is 0 Å². The lowest BCUT2D eigenvalue weighted by Gasteiger charge is -2.34. The van der Waals surface area contributed by atoms with Crippen molar-refractivity contribution in [1.29, 1.82) is 0 Å². The van der Waals surface area contributed by atoms with Gasteiger partial charge in [-0.1, -0.05) is 17.7 Å². The molecule has 0 aliphatic carbocycles. The summed E-state index contributed by atoms with van der Waals surface area (Å²) in [5.41, 5.74) is 5.59. The molecule has 5 rings (SSSR count). The number of hydrogen-bond donors (Lipinski definition) is 2. The SMILES string of the molecule is Cc1[nH]c2ccc(NC(=O)c3ccc(Cl)cc3)cc2c1[C@H](c1ccccn1)N1CCOCC1. The van der Waals surface area contributed by atoms with Crippen LogP contribution in [0.5, 0.6) is 0 Å². The summed E-state index contributed by atoms with van der Waals surface area (Å²) in [6.07, 6.45) is 1.84. The second-order valence-corrected chi connectivity index (χ2v) is 8.63. The van der Waals surface area contributed by atoms with Gasteiger partial charge in [-0.15, -0.1) is 0 Å². The van der Waals surface area contributed by atoms with Crippen LogP contribution in [-0.2, 0) is 4.74 Å². The Bertz CT molecular complexity index is 1260. The number of morpholine rings is 1. The smallest absolute Gasteiger partial charge is 0.255 e. The maximum atomic E-state index is 12.8. The van der Waals surface area contributed by atoms with Crippen molar-refractivity contribution >= 4 is 34.1 Å². The average molecular weight is 461 g/mol. The number of anilines is 1. The molecule has 0 spiro atoms. The highest BCUT2D eigenvalue weighted by Gasteiger charge is 2.29. The van der Waals surface area contributed by atoms with Gasteiger partial charge in [0.25, 0.3) is 5.91 Å². The van der Waals surface area contributed by atoms with Gasteiger partial charge in [-0.25, -0.2) is 0 Å². The highest BCUT2D eigenvalue weighted by atomic mass is 35.5. The summed E-state index contributed by atoms with van der Waals surface area (Å²) >= 11 is 5.95. The Morgan fingerprint density at radius 2 is 1.91 bits per heavy atom. The molecule has 0 unspecified atom stereocenters. The fraction of sp³-hybridized carbons (Fsp3) is 0.231. The Kier molecular flexibility index (Phi) is 6.13. The van der Waals surface area contributed by atoms with Crippen LogP contribution in [0.4, 0.5) is 5.69 Å². The number of rotatable bonds is 5. The summed E-state index contributed by atoms with van der Waals surface area (Å²) in [6, 6.07) is 18.9. The second kappa shape index (κ2) is 9.35. The van der Waals surface area contributed by atoms with Gasteiger partial charge < -0.3 is 15.0 Å². The number of carbonyl (C=O) groups is 1. The van der Waals surface area contributed by atoms with E-state index >= 15 is 0 Å². The van der Waals surface area contributed by atoms with Gasteiger partial charge in [0.2, 0.25) is 0 Å². The number of fused-ring (bicyclic) bond motifs is 1. The van der Waals surface area contributed by atoms with Gasteiger partial charge in [0.1, 0.15) is 0 Å². The molecular formula is C26H25ClN4O2. The van der Waals surface area contributed by atoms with E-state index in [4.69, 9.17) is 21.3 Å². The van der Waals surface area contributed by atoms with E-state index in [1.165, 1.54) is 5.56 Å². The number of aryl methyl sites for hydroxylation is 1. The Labute approximate surface area is 197 Å². The lowest BCUT2D eigenvalue weighted by molar-refractivity contribution is 0.0234. The van der Waals surface area contributed by atoms with Crippen LogP contribution < -0.4 is 5.32 Å². The summed E-state index contributed by atoms with van der Waals surface area (Å²) in [4.78, 5) is 23.4. The number of aromatic amines is 1. The molecule has 1 saturated heterocycles. The van der Waals surface area contributed by atoms with E-state index in [0.717, 1.165) is 41.1 Å². The minimum atomic E-state index is -0.172. The van der Waals surface area contributed by atoms with E-state index in [2.05, 4.69) is 28.2 Å². The zero-order valence-electron chi connectivity index (χ0n) is 18.3. The standard InChI is InChI=1S/C26H25ClN4O2/c1-17-24(25(23-4-2-3-11-28-23)31-12-14-33-15-13-31)21-16-20(9-10-22(21)29-17)30-26(32)18-5-7-19(27)8-6-18/h2-11,16,25,29H,12-15H2,1H3,(H,30,32)/t25-/m0/s1. The van der Waals surface area contributed by atoms with Crippen LogP contribution in [0, 0.1) is 6.92 Å². The Balaban J connectivity index is 1.54. The van der Waals surface area contributed by atoms with Gasteiger partial charge in [0.15, 0.2) is 0 Å². The quantitative estimate of drug-likeness (QED) is 0.429. The molecule has 1 amide bonds. The molecule has 1 aliphatic rings. The number of H-pyrrole nitrogens is 1. The van der Waals surface area contributed by atoms with Crippen LogP contribution >= 0.6 is 11.6 Å². The highest BCUT2D eigenvalue weighted by molar-refractivity contribution is 6.30. The third-order valence-corrected chi connectivity index (χ3v) is 6.30. The molecule has 2 N–H and O–H groups in total. The zero-order valence-corrected chi connectivity index (χ0v) is 19.1. The lowest BCUT2D eigenvalue weighted by atomic mass is 9.97. The molecule has 0 radical (unpaired) electrons. The van der Waals surface area contributed by atoms with Crippen molar-refractivity contribution in [3.8, 4) is 0 Å². The van der Waals surface area contributed by atoms with Gasteiger partial charge in [-0.05, 0) is 61.5 Å². The minimum absolute atomic E-state index is 0.00827. The van der Waals surface area contributed by atoms with Crippen LogP contribution in [0.2, 0.25) is 5.02 Å². The number of benzene rings is 2. The normalized spacial score (nSPS) is 15.5. The number of ether oxygens (including phenoxy) is 1. The first-order chi connectivity index (χ1) is 16.1. The number of amides is 1. The summed E-state index contributed by atoms with van der Waals surface area (Å²) < 4.78 is 5.61. The third kappa shape index (κ3) is 4.50. The molecule has 2 aromatic carbocycles. The van der Waals surface area contributed by atoms with Gasteiger partial charge >= 0.3 is 0 Å². The summed E-state index contributed by atoms with van der Waals surface area (Å²) in [5.74, 6) is -0.172. The van der Waals surface area contributed by atoms with Crippen molar-refractivity contribution in [3.05, 3.63) is 94.4 Å². The summed E-state index contributed by atoms with van der Waals surface area (Å²) in [6.45, 7) is 5.17. The minimum Gasteiger partial charge on any atom is -0.379 e. The largest absolute Gasteiger partial charge is 0.379 e. The summed E-state index contributed by atoms with van der Waals surface area (Å²) in [5, 5.41) is 4.69. The fourth-order valence-corrected chi connectivity index (χ4v) is 4.60. The zero-order chi connectivity index (χ0) is 22.8. The number of halogens is 1. The van der Waals surface area contributed by atoms with E-state index in [0.29, 0.717) is 23.8 Å². The highest BCUT2D eigenvalue weighted by Crippen LogP contribution is 2.37. The Morgan fingerprint density at radius 1 is 1.12 bits per heavy atom. The number of nitrogens with one attached hydrogen (secondary N) is 2. The third-order valence-electron chi connectivity index (χ3n) is 6.05. The molecule has 2 aromatic heterocycles. The molecule has 3 heterocycles. The van der Waals surface area contributed by atoms with E-state index in [1.54, 1.807) is 24.3 Å². The molecular weight excluding hydrogens is 436 g/mol.